The fourth-order valence-electron chi connectivity index (χ4n) is 4.35. The number of imide groups is 1. The molecule has 0 radical (unpaired) electrons. The molecular formula is C25H21ClN2O4. The van der Waals surface area contributed by atoms with Gasteiger partial charge in [0.2, 0.25) is 5.91 Å². The Labute approximate surface area is 190 Å². The van der Waals surface area contributed by atoms with Gasteiger partial charge in [-0.15, -0.1) is 0 Å². The largest absolute Gasteiger partial charge is 0.497 e. The van der Waals surface area contributed by atoms with Crippen molar-refractivity contribution < 1.29 is 19.2 Å². The molecule has 2 fully saturated rings. The Balaban J connectivity index is 1.59. The van der Waals surface area contributed by atoms with Crippen LogP contribution in [0.25, 0.3) is 0 Å². The maximum absolute atomic E-state index is 13.6. The van der Waals surface area contributed by atoms with Crippen molar-refractivity contribution >= 4 is 34.8 Å². The summed E-state index contributed by atoms with van der Waals surface area (Å²) in [5.41, 5.74) is 2.91. The fourth-order valence-corrected chi connectivity index (χ4v) is 4.53. The Bertz CT molecular complexity index is 1200. The van der Waals surface area contributed by atoms with Crippen LogP contribution >= 0.6 is 11.6 Å². The van der Waals surface area contributed by atoms with Crippen LogP contribution in [0.15, 0.2) is 72.8 Å². The minimum atomic E-state index is -0.931. The molecule has 2 heterocycles. The molecule has 0 N–H and O–H groups in total. The van der Waals surface area contributed by atoms with Crippen molar-refractivity contribution in [2.75, 3.05) is 17.1 Å². The van der Waals surface area contributed by atoms with Crippen LogP contribution in [0.4, 0.5) is 11.4 Å². The van der Waals surface area contributed by atoms with Crippen molar-refractivity contribution in [1.82, 2.24) is 0 Å². The lowest BCUT2D eigenvalue weighted by atomic mass is 9.90. The van der Waals surface area contributed by atoms with Crippen LogP contribution in [0.3, 0.4) is 0 Å². The van der Waals surface area contributed by atoms with E-state index in [2.05, 4.69) is 0 Å². The number of methoxy groups -OCH3 is 1. The summed E-state index contributed by atoms with van der Waals surface area (Å²) in [6.07, 6.45) is -0.931. The number of ether oxygens (including phenoxy) is 1. The third-order valence-corrected chi connectivity index (χ3v) is 6.38. The number of rotatable bonds is 4. The summed E-state index contributed by atoms with van der Waals surface area (Å²) >= 11 is 6.27. The summed E-state index contributed by atoms with van der Waals surface area (Å²) in [4.78, 5) is 34.3. The Morgan fingerprint density at radius 2 is 1.69 bits per heavy atom. The third-order valence-electron chi connectivity index (χ3n) is 5.98. The van der Waals surface area contributed by atoms with Crippen LogP contribution < -0.4 is 14.7 Å². The van der Waals surface area contributed by atoms with Crippen molar-refractivity contribution in [3.63, 3.8) is 0 Å². The number of anilines is 2. The van der Waals surface area contributed by atoms with Gasteiger partial charge in [0, 0.05) is 5.02 Å². The molecule has 0 aliphatic carbocycles. The highest BCUT2D eigenvalue weighted by atomic mass is 35.5. The predicted octanol–water partition coefficient (Wildman–Crippen LogP) is 4.71. The number of hydroxylamine groups is 1. The molecule has 3 aromatic rings. The Hall–Kier alpha value is -3.35. The average molecular weight is 449 g/mol. The maximum atomic E-state index is 13.6. The van der Waals surface area contributed by atoms with Crippen molar-refractivity contribution in [3.05, 3.63) is 88.9 Å². The number of aryl methyl sites for hydroxylation is 1. The molecule has 2 aliphatic rings. The fraction of sp³-hybridized carbons (Fsp3) is 0.200. The van der Waals surface area contributed by atoms with E-state index in [0.29, 0.717) is 16.5 Å². The summed E-state index contributed by atoms with van der Waals surface area (Å²) in [6, 6.07) is 21.6. The second-order valence-electron chi connectivity index (χ2n) is 7.88. The lowest BCUT2D eigenvalue weighted by Gasteiger charge is -2.29. The molecule has 2 saturated heterocycles. The van der Waals surface area contributed by atoms with E-state index in [-0.39, 0.29) is 5.91 Å². The minimum Gasteiger partial charge on any atom is -0.497 e. The topological polar surface area (TPSA) is 59.1 Å². The van der Waals surface area contributed by atoms with E-state index < -0.39 is 24.0 Å². The Kier molecular flexibility index (Phi) is 5.12. The molecule has 6 nitrogen and oxygen atoms in total. The number of nitrogens with zero attached hydrogens (tertiary/aromatic N) is 2. The number of carbonyl (C=O) groups is 2. The van der Waals surface area contributed by atoms with E-state index in [9.17, 15) is 9.59 Å². The third kappa shape index (κ3) is 3.23. The van der Waals surface area contributed by atoms with Gasteiger partial charge in [-0.2, -0.15) is 0 Å². The van der Waals surface area contributed by atoms with Gasteiger partial charge in [-0.05, 0) is 54.4 Å². The van der Waals surface area contributed by atoms with E-state index in [4.69, 9.17) is 21.2 Å². The molecule has 2 aliphatic heterocycles. The summed E-state index contributed by atoms with van der Waals surface area (Å²) < 4.78 is 5.39. The molecule has 0 spiro atoms. The van der Waals surface area contributed by atoms with E-state index in [1.807, 2.05) is 61.5 Å². The molecule has 0 saturated carbocycles. The number of carbonyl (C=O) groups excluding carboxylic acids is 2. The molecule has 3 aromatic carbocycles. The summed E-state index contributed by atoms with van der Waals surface area (Å²) in [5, 5.41) is 2.16. The molecule has 162 valence electrons. The molecular weight excluding hydrogens is 428 g/mol. The SMILES string of the molecule is COc1cccc([C@@H]2[C@H]3C(=O)N(c4ccc(C)c(Cl)c4)C(=O)[C@@H]3ON2c2ccccc2)c1. The molecule has 5 rings (SSSR count). The quantitative estimate of drug-likeness (QED) is 0.541. The number of hydrogen-bond acceptors (Lipinski definition) is 5. The van der Waals surface area contributed by atoms with Crippen LogP contribution in [0.2, 0.25) is 5.02 Å². The summed E-state index contributed by atoms with van der Waals surface area (Å²) in [5.74, 6) is -0.759. The van der Waals surface area contributed by atoms with Gasteiger partial charge in [-0.3, -0.25) is 14.4 Å². The highest BCUT2D eigenvalue weighted by Gasteiger charge is 2.60. The second-order valence-corrected chi connectivity index (χ2v) is 8.29. The Morgan fingerprint density at radius 1 is 0.906 bits per heavy atom. The molecule has 0 aromatic heterocycles. The molecule has 2 amide bonds. The van der Waals surface area contributed by atoms with Gasteiger partial charge in [0.1, 0.15) is 11.7 Å². The number of hydrogen-bond donors (Lipinski definition) is 0. The number of benzene rings is 3. The average Bonchev–Trinajstić information content (AvgIpc) is 3.32. The van der Waals surface area contributed by atoms with Gasteiger partial charge in [0.25, 0.3) is 5.91 Å². The minimum absolute atomic E-state index is 0.314. The number of amides is 2. The van der Waals surface area contributed by atoms with Crippen molar-refractivity contribution in [1.29, 1.82) is 0 Å². The smallest absolute Gasteiger partial charge is 0.266 e. The van der Waals surface area contributed by atoms with Gasteiger partial charge >= 0.3 is 0 Å². The van der Waals surface area contributed by atoms with Crippen molar-refractivity contribution in [2.24, 2.45) is 5.92 Å². The van der Waals surface area contributed by atoms with Crippen molar-refractivity contribution in [2.45, 2.75) is 19.1 Å². The highest BCUT2D eigenvalue weighted by Crippen LogP contribution is 2.48. The van der Waals surface area contributed by atoms with E-state index in [0.717, 1.165) is 16.8 Å². The first-order valence-corrected chi connectivity index (χ1v) is 10.7. The van der Waals surface area contributed by atoms with Crippen LogP contribution in [-0.4, -0.2) is 25.0 Å². The zero-order valence-corrected chi connectivity index (χ0v) is 18.3. The van der Waals surface area contributed by atoms with Crippen LogP contribution in [0.5, 0.6) is 5.75 Å². The van der Waals surface area contributed by atoms with Crippen LogP contribution in [-0.2, 0) is 14.4 Å². The monoisotopic (exact) mass is 448 g/mol. The first-order chi connectivity index (χ1) is 15.5. The molecule has 32 heavy (non-hydrogen) atoms. The lowest BCUT2D eigenvalue weighted by molar-refractivity contribution is -0.126. The standard InChI is InChI=1S/C25H21ClN2O4/c1-15-11-12-18(14-20(15)26)27-24(29)21-22(16-7-6-10-19(13-16)31-2)28(32-23(21)25(27)30)17-8-4-3-5-9-17/h3-14,21-23H,1-2H3/t21-,22-,23-/m1/s1. The first kappa shape index (κ1) is 20.5. The van der Waals surface area contributed by atoms with Gasteiger partial charge in [0.15, 0.2) is 6.10 Å². The lowest BCUT2D eigenvalue weighted by Crippen LogP contribution is -2.37. The normalized spacial score (nSPS) is 22.4. The van der Waals surface area contributed by atoms with E-state index in [1.165, 1.54) is 4.90 Å². The number of fused-ring (bicyclic) bond motifs is 1. The number of halogens is 1. The number of para-hydroxylation sites is 1. The van der Waals surface area contributed by atoms with Crippen LogP contribution in [0, 0.1) is 12.8 Å². The highest BCUT2D eigenvalue weighted by molar-refractivity contribution is 6.32. The zero-order valence-electron chi connectivity index (χ0n) is 17.6. The van der Waals surface area contributed by atoms with Gasteiger partial charge in [-0.25, -0.2) is 9.96 Å². The van der Waals surface area contributed by atoms with E-state index >= 15 is 0 Å². The molecule has 0 bridgehead atoms. The molecule has 0 unspecified atom stereocenters. The van der Waals surface area contributed by atoms with Crippen LogP contribution in [0.1, 0.15) is 17.2 Å². The summed E-state index contributed by atoms with van der Waals surface area (Å²) in [6.45, 7) is 1.87. The first-order valence-electron chi connectivity index (χ1n) is 10.3. The molecule has 3 atom stereocenters. The maximum Gasteiger partial charge on any atom is 0.266 e. The predicted molar refractivity (Wildman–Crippen MR) is 122 cm³/mol. The second kappa shape index (κ2) is 7.97. The Morgan fingerprint density at radius 3 is 2.41 bits per heavy atom. The van der Waals surface area contributed by atoms with Gasteiger partial charge in [-0.1, -0.05) is 48.0 Å². The van der Waals surface area contributed by atoms with E-state index in [1.54, 1.807) is 30.4 Å². The van der Waals surface area contributed by atoms with Crippen molar-refractivity contribution in [3.8, 4) is 5.75 Å². The molecule has 7 heteroatoms. The summed E-state index contributed by atoms with van der Waals surface area (Å²) in [7, 11) is 1.59. The van der Waals surface area contributed by atoms with Gasteiger partial charge in [0.05, 0.1) is 24.5 Å². The van der Waals surface area contributed by atoms with Gasteiger partial charge < -0.3 is 4.74 Å². The zero-order chi connectivity index (χ0) is 22.4.